The zero-order valence-corrected chi connectivity index (χ0v) is 22.3. The Kier molecular flexibility index (Phi) is 8.00. The van der Waals surface area contributed by atoms with Crippen LogP contribution in [0.25, 0.3) is 22.3 Å². The number of fused-ring (bicyclic) bond motifs is 1. The Labute approximate surface area is 228 Å². The molecule has 0 aliphatic heterocycles. The predicted octanol–water partition coefficient (Wildman–Crippen LogP) is 4.55. The number of carbonyl (C=O) groups is 2. The van der Waals surface area contributed by atoms with Gasteiger partial charge in [0, 0.05) is 22.0 Å². The Morgan fingerprint density at radius 1 is 1.08 bits per heavy atom. The molecular formula is C26H23ClN2O9S. The van der Waals surface area contributed by atoms with Gasteiger partial charge in [-0.05, 0) is 48.5 Å². The number of esters is 1. The summed E-state index contributed by atoms with van der Waals surface area (Å²) >= 11 is 6.01. The molecule has 11 nitrogen and oxygen atoms in total. The fraction of sp³-hybridized carbons (Fsp3) is 0.154. The number of methoxy groups -OCH3 is 1. The largest absolute Gasteiger partial charge is 0.495 e. The van der Waals surface area contributed by atoms with Crippen LogP contribution in [0, 0.1) is 0 Å². The van der Waals surface area contributed by atoms with E-state index in [1.165, 1.54) is 19.2 Å². The van der Waals surface area contributed by atoms with E-state index in [4.69, 9.17) is 31.2 Å². The van der Waals surface area contributed by atoms with E-state index in [2.05, 4.69) is 4.74 Å². The third kappa shape index (κ3) is 6.08. The Bertz CT molecular complexity index is 1650. The van der Waals surface area contributed by atoms with Gasteiger partial charge in [0.25, 0.3) is 0 Å². The summed E-state index contributed by atoms with van der Waals surface area (Å²) < 4.78 is 47.6. The van der Waals surface area contributed by atoms with Gasteiger partial charge < -0.3 is 29.5 Å². The normalized spacial score (nSPS) is 11.3. The number of rotatable bonds is 9. The van der Waals surface area contributed by atoms with E-state index in [-0.39, 0.29) is 40.3 Å². The standard InChI is InChI=1S/C26H23ClN2O9S/c1-35-22-13-19-21(14-20(22)29(10-11-30)39(2,33)34)37-24(23(19)25(31)38-26(28)32)15-6-8-17(9-7-15)36-18-5-3-4-16(27)12-18/h3-9,12-14,30H,10-11H2,1-2H3,(H2,28,32). The van der Waals surface area contributed by atoms with E-state index in [1.807, 2.05) is 0 Å². The number of hydrogen-bond acceptors (Lipinski definition) is 9. The molecule has 204 valence electrons. The first-order valence-corrected chi connectivity index (χ1v) is 13.5. The number of amides is 1. The van der Waals surface area contributed by atoms with Crippen molar-refractivity contribution in [3.63, 3.8) is 0 Å². The number of sulfonamides is 1. The number of carbonyl (C=O) groups excluding carboxylic acids is 2. The van der Waals surface area contributed by atoms with Crippen molar-refractivity contribution in [3.05, 3.63) is 71.2 Å². The topological polar surface area (TPSA) is 159 Å². The highest BCUT2D eigenvalue weighted by molar-refractivity contribution is 7.92. The van der Waals surface area contributed by atoms with Crippen molar-refractivity contribution in [2.75, 3.05) is 30.8 Å². The average molecular weight is 575 g/mol. The SMILES string of the molecule is COc1cc2c(C(=O)OC(N)=O)c(-c3ccc(Oc4cccc(Cl)c4)cc3)oc2cc1N(CCO)S(C)(=O)=O. The molecule has 1 aromatic heterocycles. The lowest BCUT2D eigenvalue weighted by Gasteiger charge is -2.23. The number of halogens is 1. The third-order valence-electron chi connectivity index (χ3n) is 5.51. The van der Waals surface area contributed by atoms with Crippen LogP contribution in [0.2, 0.25) is 5.02 Å². The molecule has 0 fully saturated rings. The van der Waals surface area contributed by atoms with Gasteiger partial charge in [0.1, 0.15) is 34.2 Å². The quantitative estimate of drug-likeness (QED) is 0.216. The maximum Gasteiger partial charge on any atom is 0.412 e. The van der Waals surface area contributed by atoms with E-state index in [0.29, 0.717) is 22.1 Å². The van der Waals surface area contributed by atoms with E-state index in [0.717, 1.165) is 10.6 Å². The molecule has 4 aromatic rings. The number of anilines is 1. The number of hydrogen-bond donors (Lipinski definition) is 2. The molecule has 0 unspecified atom stereocenters. The van der Waals surface area contributed by atoms with Gasteiger partial charge in [0.2, 0.25) is 10.0 Å². The first-order valence-electron chi connectivity index (χ1n) is 11.3. The molecule has 0 saturated heterocycles. The Morgan fingerprint density at radius 3 is 2.38 bits per heavy atom. The van der Waals surface area contributed by atoms with Crippen molar-refractivity contribution in [1.29, 1.82) is 0 Å². The number of nitrogens with two attached hydrogens (primary N) is 1. The lowest BCUT2D eigenvalue weighted by atomic mass is 10.0. The van der Waals surface area contributed by atoms with Crippen LogP contribution in [0.1, 0.15) is 10.4 Å². The molecule has 3 aromatic carbocycles. The second-order valence-corrected chi connectivity index (χ2v) is 10.5. The zero-order chi connectivity index (χ0) is 28.3. The molecule has 0 bridgehead atoms. The van der Waals surface area contributed by atoms with E-state index in [1.54, 1.807) is 48.5 Å². The first-order chi connectivity index (χ1) is 18.5. The molecular weight excluding hydrogens is 552 g/mol. The molecule has 4 rings (SSSR count). The molecule has 0 radical (unpaired) electrons. The molecule has 39 heavy (non-hydrogen) atoms. The van der Waals surface area contributed by atoms with Gasteiger partial charge in [-0.1, -0.05) is 17.7 Å². The van der Waals surface area contributed by atoms with Gasteiger partial charge in [0.15, 0.2) is 0 Å². The number of aliphatic hydroxyl groups excluding tert-OH is 1. The van der Waals surface area contributed by atoms with E-state index < -0.39 is 28.7 Å². The van der Waals surface area contributed by atoms with Crippen molar-refractivity contribution in [2.45, 2.75) is 0 Å². The second-order valence-electron chi connectivity index (χ2n) is 8.18. The number of ether oxygens (including phenoxy) is 3. The molecule has 0 aliphatic carbocycles. The molecule has 3 N–H and O–H groups in total. The fourth-order valence-electron chi connectivity index (χ4n) is 3.92. The monoisotopic (exact) mass is 574 g/mol. The average Bonchev–Trinajstić information content (AvgIpc) is 3.24. The summed E-state index contributed by atoms with van der Waals surface area (Å²) in [7, 11) is -2.52. The zero-order valence-electron chi connectivity index (χ0n) is 20.7. The number of furan rings is 1. The van der Waals surface area contributed by atoms with Crippen LogP contribution in [-0.4, -0.2) is 52.1 Å². The summed E-state index contributed by atoms with van der Waals surface area (Å²) in [5.41, 5.74) is 5.51. The van der Waals surface area contributed by atoms with Gasteiger partial charge in [-0.15, -0.1) is 0 Å². The molecule has 0 spiro atoms. The molecule has 0 atom stereocenters. The van der Waals surface area contributed by atoms with E-state index >= 15 is 0 Å². The maximum atomic E-state index is 12.9. The Hall–Kier alpha value is -4.26. The molecule has 0 aliphatic rings. The highest BCUT2D eigenvalue weighted by Gasteiger charge is 2.29. The number of benzene rings is 3. The summed E-state index contributed by atoms with van der Waals surface area (Å²) in [5.74, 6) is -0.0108. The fourth-order valence-corrected chi connectivity index (χ4v) is 5.01. The van der Waals surface area contributed by atoms with Gasteiger partial charge >= 0.3 is 12.1 Å². The number of nitrogens with zero attached hydrogens (tertiary/aromatic N) is 1. The summed E-state index contributed by atoms with van der Waals surface area (Å²) in [4.78, 5) is 24.3. The number of aliphatic hydroxyl groups is 1. The van der Waals surface area contributed by atoms with Crippen LogP contribution in [-0.2, 0) is 14.8 Å². The minimum absolute atomic E-state index is 0.0258. The summed E-state index contributed by atoms with van der Waals surface area (Å²) in [5, 5.41) is 10.1. The van der Waals surface area contributed by atoms with Gasteiger partial charge in [-0.25, -0.2) is 18.0 Å². The molecule has 0 saturated carbocycles. The Morgan fingerprint density at radius 2 is 1.79 bits per heavy atom. The minimum Gasteiger partial charge on any atom is -0.495 e. The summed E-state index contributed by atoms with van der Waals surface area (Å²) in [6.45, 7) is -0.712. The highest BCUT2D eigenvalue weighted by Crippen LogP contribution is 2.41. The Balaban J connectivity index is 1.85. The first kappa shape index (κ1) is 27.8. The second kappa shape index (κ2) is 11.2. The van der Waals surface area contributed by atoms with Gasteiger partial charge in [-0.3, -0.25) is 4.31 Å². The van der Waals surface area contributed by atoms with Crippen molar-refractivity contribution in [3.8, 4) is 28.6 Å². The van der Waals surface area contributed by atoms with Crippen molar-refractivity contribution in [2.24, 2.45) is 5.73 Å². The van der Waals surface area contributed by atoms with Crippen LogP contribution in [0.3, 0.4) is 0 Å². The maximum absolute atomic E-state index is 12.9. The smallest absolute Gasteiger partial charge is 0.412 e. The lowest BCUT2D eigenvalue weighted by molar-refractivity contribution is 0.0640. The number of primary amides is 1. The molecule has 1 heterocycles. The van der Waals surface area contributed by atoms with Gasteiger partial charge in [-0.2, -0.15) is 0 Å². The highest BCUT2D eigenvalue weighted by atomic mass is 35.5. The summed E-state index contributed by atoms with van der Waals surface area (Å²) in [6, 6.07) is 16.1. The van der Waals surface area contributed by atoms with Crippen molar-refractivity contribution in [1.82, 2.24) is 0 Å². The van der Waals surface area contributed by atoms with Crippen molar-refractivity contribution >= 4 is 50.3 Å². The van der Waals surface area contributed by atoms with Crippen LogP contribution >= 0.6 is 11.6 Å². The third-order valence-corrected chi connectivity index (χ3v) is 6.92. The van der Waals surface area contributed by atoms with Crippen LogP contribution in [0.15, 0.2) is 65.1 Å². The van der Waals surface area contributed by atoms with E-state index in [9.17, 15) is 23.1 Å². The van der Waals surface area contributed by atoms with Crippen LogP contribution in [0.5, 0.6) is 17.2 Å². The molecule has 1 amide bonds. The van der Waals surface area contributed by atoms with Crippen molar-refractivity contribution < 1.29 is 41.7 Å². The van der Waals surface area contributed by atoms with Crippen LogP contribution < -0.4 is 19.5 Å². The lowest BCUT2D eigenvalue weighted by Crippen LogP contribution is -2.32. The summed E-state index contributed by atoms with van der Waals surface area (Å²) in [6.07, 6.45) is -0.344. The minimum atomic E-state index is -3.83. The van der Waals surface area contributed by atoms with Gasteiger partial charge in [0.05, 0.1) is 32.2 Å². The predicted molar refractivity (Wildman–Crippen MR) is 144 cm³/mol. The molecule has 13 heteroatoms. The van der Waals surface area contributed by atoms with Crippen LogP contribution in [0.4, 0.5) is 10.5 Å².